The third kappa shape index (κ3) is 6.13. The summed E-state index contributed by atoms with van der Waals surface area (Å²) in [6.45, 7) is 3.78. The average Bonchev–Trinajstić information content (AvgIpc) is 2.98. The minimum atomic E-state index is -4.43. The van der Waals surface area contributed by atoms with Crippen LogP contribution in [0.15, 0.2) is 52.4 Å². The highest BCUT2D eigenvalue weighted by Crippen LogP contribution is 2.37. The zero-order valence-corrected chi connectivity index (χ0v) is 19.2. The van der Waals surface area contributed by atoms with E-state index in [4.69, 9.17) is 4.74 Å². The van der Waals surface area contributed by atoms with Crippen LogP contribution in [0.2, 0.25) is 0 Å². The average molecular weight is 497 g/mol. The van der Waals surface area contributed by atoms with Crippen LogP contribution in [0, 0.1) is 6.92 Å². The SMILES string of the molecule is CCCCOC(=O)Nc1cnccc1Cn1c(C)c(O)n(-c2ccc(SC(F)(F)F)cc2)c1=O. The molecule has 12 heteroatoms. The molecule has 0 fully saturated rings. The number of aromatic hydroxyl groups is 1. The van der Waals surface area contributed by atoms with E-state index in [9.17, 15) is 27.9 Å². The number of pyridine rings is 1. The first-order valence-electron chi connectivity index (χ1n) is 10.3. The second kappa shape index (κ2) is 10.7. The number of alkyl halides is 3. The van der Waals surface area contributed by atoms with Gasteiger partial charge in [0.15, 0.2) is 0 Å². The number of hydrogen-bond donors (Lipinski definition) is 2. The van der Waals surface area contributed by atoms with Crippen LogP contribution in [-0.2, 0) is 11.3 Å². The Bertz CT molecular complexity index is 1210. The summed E-state index contributed by atoms with van der Waals surface area (Å²) in [5.74, 6) is -0.344. The number of halogens is 3. The quantitative estimate of drug-likeness (QED) is 0.334. The second-order valence-electron chi connectivity index (χ2n) is 7.30. The number of imidazole rings is 1. The number of ether oxygens (including phenoxy) is 1. The first kappa shape index (κ1) is 25.2. The monoisotopic (exact) mass is 496 g/mol. The third-order valence-corrected chi connectivity index (χ3v) is 5.64. The van der Waals surface area contributed by atoms with Crippen LogP contribution >= 0.6 is 11.8 Å². The fraction of sp³-hybridized carbons (Fsp3) is 0.318. The van der Waals surface area contributed by atoms with E-state index in [2.05, 4.69) is 10.3 Å². The molecule has 1 aromatic carbocycles. The summed E-state index contributed by atoms with van der Waals surface area (Å²) in [7, 11) is 0. The molecule has 182 valence electrons. The van der Waals surface area contributed by atoms with Crippen LogP contribution in [-0.4, -0.2) is 37.4 Å². The Balaban J connectivity index is 1.86. The Morgan fingerprint density at radius 3 is 2.59 bits per heavy atom. The second-order valence-corrected chi connectivity index (χ2v) is 8.44. The van der Waals surface area contributed by atoms with Crippen LogP contribution in [0.1, 0.15) is 31.0 Å². The number of benzene rings is 1. The van der Waals surface area contributed by atoms with Gasteiger partial charge in [0.25, 0.3) is 0 Å². The Hall–Kier alpha value is -3.41. The number of carbonyl (C=O) groups is 1. The van der Waals surface area contributed by atoms with Crippen LogP contribution in [0.3, 0.4) is 0 Å². The number of nitrogens with one attached hydrogen (secondary N) is 1. The van der Waals surface area contributed by atoms with E-state index in [-0.39, 0.29) is 47.1 Å². The first-order valence-corrected chi connectivity index (χ1v) is 11.2. The standard InChI is InChI=1S/C22H23F3N4O4S/c1-3-4-11-33-20(31)27-18-12-26-10-9-15(18)13-28-14(2)19(30)29(21(28)32)16-5-7-17(8-6-16)34-22(23,24)25/h5-10,12,30H,3-4,11,13H2,1-2H3,(H,27,31). The number of amides is 1. The summed E-state index contributed by atoms with van der Waals surface area (Å²) in [5, 5.41) is 13.2. The van der Waals surface area contributed by atoms with E-state index in [0.717, 1.165) is 17.4 Å². The molecule has 3 aromatic rings. The highest BCUT2D eigenvalue weighted by Gasteiger charge is 2.29. The molecule has 34 heavy (non-hydrogen) atoms. The summed E-state index contributed by atoms with van der Waals surface area (Å²) in [5.41, 5.74) is -3.69. The van der Waals surface area contributed by atoms with Gasteiger partial charge in [-0.3, -0.25) is 14.9 Å². The van der Waals surface area contributed by atoms with Crippen LogP contribution in [0.5, 0.6) is 5.88 Å². The van der Waals surface area contributed by atoms with Gasteiger partial charge in [-0.1, -0.05) is 13.3 Å². The van der Waals surface area contributed by atoms with Gasteiger partial charge in [0.2, 0.25) is 5.88 Å². The summed E-state index contributed by atoms with van der Waals surface area (Å²) in [6, 6.07) is 6.71. The lowest BCUT2D eigenvalue weighted by Crippen LogP contribution is -2.25. The number of carbonyl (C=O) groups excluding carboxylic acids is 1. The number of hydrogen-bond acceptors (Lipinski definition) is 6. The summed E-state index contributed by atoms with van der Waals surface area (Å²) in [6.07, 6.45) is 3.87. The molecule has 0 aliphatic carbocycles. The van der Waals surface area contributed by atoms with Crippen molar-refractivity contribution in [2.24, 2.45) is 0 Å². The van der Waals surface area contributed by atoms with E-state index < -0.39 is 17.3 Å². The fourth-order valence-corrected chi connectivity index (χ4v) is 3.69. The molecule has 0 unspecified atom stereocenters. The van der Waals surface area contributed by atoms with E-state index in [1.54, 1.807) is 6.07 Å². The van der Waals surface area contributed by atoms with Gasteiger partial charge in [0, 0.05) is 11.1 Å². The number of unbranched alkanes of at least 4 members (excludes halogenated alkanes) is 1. The zero-order valence-electron chi connectivity index (χ0n) is 18.4. The summed E-state index contributed by atoms with van der Waals surface area (Å²) >= 11 is -0.270. The molecule has 2 aromatic heterocycles. The predicted octanol–water partition coefficient (Wildman–Crippen LogP) is 5.06. The number of anilines is 1. The van der Waals surface area contributed by atoms with Gasteiger partial charge in [-0.2, -0.15) is 13.2 Å². The fourth-order valence-electron chi connectivity index (χ4n) is 3.15. The molecular weight excluding hydrogens is 473 g/mol. The van der Waals surface area contributed by atoms with Crippen molar-refractivity contribution in [1.82, 2.24) is 14.1 Å². The van der Waals surface area contributed by atoms with Gasteiger partial charge in [-0.25, -0.2) is 14.2 Å². The molecule has 0 aliphatic heterocycles. The van der Waals surface area contributed by atoms with Gasteiger partial charge in [-0.05, 0) is 61.0 Å². The van der Waals surface area contributed by atoms with Crippen molar-refractivity contribution in [3.05, 3.63) is 64.5 Å². The van der Waals surface area contributed by atoms with Crippen LogP contribution in [0.4, 0.5) is 23.7 Å². The topological polar surface area (TPSA) is 98.4 Å². The molecule has 1 amide bonds. The molecule has 2 heterocycles. The Labute approximate surface area is 197 Å². The predicted molar refractivity (Wildman–Crippen MR) is 122 cm³/mol. The molecule has 0 bridgehead atoms. The third-order valence-electron chi connectivity index (χ3n) is 4.90. The highest BCUT2D eigenvalue weighted by atomic mass is 32.2. The minimum Gasteiger partial charge on any atom is -0.493 e. The lowest BCUT2D eigenvalue weighted by atomic mass is 10.2. The molecule has 0 saturated carbocycles. The van der Waals surface area contributed by atoms with Crippen molar-refractivity contribution in [1.29, 1.82) is 0 Å². The van der Waals surface area contributed by atoms with Crippen molar-refractivity contribution < 1.29 is 27.8 Å². The Morgan fingerprint density at radius 2 is 1.94 bits per heavy atom. The molecule has 3 rings (SSSR count). The lowest BCUT2D eigenvalue weighted by molar-refractivity contribution is -0.0328. The maximum absolute atomic E-state index is 13.1. The largest absolute Gasteiger partial charge is 0.493 e. The highest BCUT2D eigenvalue weighted by molar-refractivity contribution is 8.00. The Kier molecular flexibility index (Phi) is 7.92. The van der Waals surface area contributed by atoms with Gasteiger partial charge < -0.3 is 9.84 Å². The number of rotatable bonds is 8. The van der Waals surface area contributed by atoms with Crippen molar-refractivity contribution in [2.75, 3.05) is 11.9 Å². The molecule has 0 saturated heterocycles. The van der Waals surface area contributed by atoms with Gasteiger partial charge >= 0.3 is 17.3 Å². The normalized spacial score (nSPS) is 11.4. The number of aromatic nitrogens is 3. The van der Waals surface area contributed by atoms with E-state index in [1.165, 1.54) is 48.1 Å². The lowest BCUT2D eigenvalue weighted by Gasteiger charge is -2.12. The van der Waals surface area contributed by atoms with Gasteiger partial charge in [0.1, 0.15) is 0 Å². The molecule has 0 radical (unpaired) electrons. The molecule has 8 nitrogen and oxygen atoms in total. The zero-order chi connectivity index (χ0) is 24.9. The van der Waals surface area contributed by atoms with Crippen molar-refractivity contribution in [2.45, 2.75) is 43.6 Å². The summed E-state index contributed by atoms with van der Waals surface area (Å²) in [4.78, 5) is 29.1. The summed E-state index contributed by atoms with van der Waals surface area (Å²) < 4.78 is 45.1. The number of thioether (sulfide) groups is 1. The molecule has 2 N–H and O–H groups in total. The number of nitrogens with zero attached hydrogens (tertiary/aromatic N) is 3. The van der Waals surface area contributed by atoms with E-state index >= 15 is 0 Å². The smallest absolute Gasteiger partial charge is 0.446 e. The van der Waals surface area contributed by atoms with Gasteiger partial charge in [0.05, 0.1) is 36.4 Å². The molecule has 0 atom stereocenters. The molecule has 0 spiro atoms. The maximum Gasteiger partial charge on any atom is 0.446 e. The van der Waals surface area contributed by atoms with Crippen LogP contribution < -0.4 is 11.0 Å². The Morgan fingerprint density at radius 1 is 1.24 bits per heavy atom. The molecule has 0 aliphatic rings. The van der Waals surface area contributed by atoms with E-state index in [0.29, 0.717) is 11.3 Å². The van der Waals surface area contributed by atoms with Crippen LogP contribution in [0.25, 0.3) is 5.69 Å². The van der Waals surface area contributed by atoms with Crippen molar-refractivity contribution in [3.63, 3.8) is 0 Å². The minimum absolute atomic E-state index is 0.000327. The van der Waals surface area contributed by atoms with Crippen molar-refractivity contribution >= 4 is 23.5 Å². The first-order chi connectivity index (χ1) is 16.1. The van der Waals surface area contributed by atoms with Gasteiger partial charge in [-0.15, -0.1) is 0 Å². The van der Waals surface area contributed by atoms with E-state index in [1.807, 2.05) is 6.92 Å². The maximum atomic E-state index is 13.1. The molecular formula is C22H23F3N4O4S. The van der Waals surface area contributed by atoms with Crippen molar-refractivity contribution in [3.8, 4) is 11.6 Å².